The first-order valence-corrected chi connectivity index (χ1v) is 16.6. The summed E-state index contributed by atoms with van der Waals surface area (Å²) < 4.78 is 9.53. The smallest absolute Gasteiger partial charge is 0.306 e. The van der Waals surface area contributed by atoms with Gasteiger partial charge in [-0.15, -0.1) is 0 Å². The molecule has 4 rings (SSSR count). The highest BCUT2D eigenvalue weighted by atomic mass is 79.9. The van der Waals surface area contributed by atoms with Crippen molar-refractivity contribution in [3.05, 3.63) is 71.3 Å². The number of benzene rings is 2. The molecule has 0 amide bonds. The summed E-state index contributed by atoms with van der Waals surface area (Å²) >= 11 is 3.43. The van der Waals surface area contributed by atoms with E-state index in [9.17, 15) is 14.4 Å². The highest BCUT2D eigenvalue weighted by Crippen LogP contribution is 2.38. The zero-order chi connectivity index (χ0) is 30.5. The van der Waals surface area contributed by atoms with E-state index in [0.717, 1.165) is 44.1 Å². The molecule has 0 N–H and O–H groups in total. The molecule has 0 aromatic heterocycles. The molecule has 0 bridgehead atoms. The number of alkyl halides is 1. The third-order valence-corrected chi connectivity index (χ3v) is 9.03. The van der Waals surface area contributed by atoms with Crippen LogP contribution in [-0.2, 0) is 19.1 Å². The van der Waals surface area contributed by atoms with Gasteiger partial charge in [0.2, 0.25) is 0 Å². The molecule has 42 heavy (non-hydrogen) atoms. The van der Waals surface area contributed by atoms with Crippen LogP contribution < -0.4 is 0 Å². The maximum atomic E-state index is 12.3. The number of carbonyl (C=O) groups excluding carboxylic acids is 3. The molecule has 0 saturated heterocycles. The van der Waals surface area contributed by atoms with E-state index in [-0.39, 0.29) is 17.7 Å². The van der Waals surface area contributed by atoms with E-state index in [4.69, 9.17) is 9.47 Å². The van der Waals surface area contributed by atoms with Gasteiger partial charge in [-0.2, -0.15) is 0 Å². The monoisotopic (exact) mass is 640 g/mol. The SMILES string of the molecule is CCOC(=O)CC1CCC(c2ccc(C(=O)C(C)(C)Br)cc2)CC1.CCOC(=O)CC1CCC(c2ccccc2)CC1. The molecule has 5 nitrogen and oxygen atoms in total. The van der Waals surface area contributed by atoms with Crippen LogP contribution in [0.1, 0.15) is 125 Å². The van der Waals surface area contributed by atoms with Gasteiger partial charge in [-0.1, -0.05) is 70.5 Å². The van der Waals surface area contributed by atoms with E-state index < -0.39 is 4.32 Å². The molecule has 2 aromatic carbocycles. The second kappa shape index (κ2) is 17.0. The summed E-state index contributed by atoms with van der Waals surface area (Å²) in [5.74, 6) is 2.21. The molecule has 0 unspecified atom stereocenters. The van der Waals surface area contributed by atoms with Crippen molar-refractivity contribution >= 4 is 33.7 Å². The largest absolute Gasteiger partial charge is 0.466 e. The molecule has 2 aliphatic carbocycles. The van der Waals surface area contributed by atoms with Crippen molar-refractivity contribution in [3.63, 3.8) is 0 Å². The molecule has 2 saturated carbocycles. The van der Waals surface area contributed by atoms with E-state index in [0.29, 0.717) is 49.7 Å². The number of hydrogen-bond donors (Lipinski definition) is 0. The first-order chi connectivity index (χ1) is 20.1. The summed E-state index contributed by atoms with van der Waals surface area (Å²) in [7, 11) is 0. The molecule has 2 fully saturated rings. The Labute approximate surface area is 261 Å². The normalized spacial score (nSPS) is 22.3. The Morgan fingerprint density at radius 1 is 0.667 bits per heavy atom. The lowest BCUT2D eigenvalue weighted by Crippen LogP contribution is -2.24. The number of ether oxygens (including phenoxy) is 2. The molecular weight excluding hydrogens is 592 g/mol. The lowest BCUT2D eigenvalue weighted by atomic mass is 9.77. The topological polar surface area (TPSA) is 69.7 Å². The first-order valence-electron chi connectivity index (χ1n) is 15.8. The fraction of sp³-hybridized carbons (Fsp3) is 0.583. The van der Waals surface area contributed by atoms with Gasteiger partial charge in [-0.05, 0) is 114 Å². The predicted molar refractivity (Wildman–Crippen MR) is 172 cm³/mol. The Morgan fingerprint density at radius 2 is 1.07 bits per heavy atom. The van der Waals surface area contributed by atoms with Crippen LogP contribution in [0.25, 0.3) is 0 Å². The summed E-state index contributed by atoms with van der Waals surface area (Å²) in [5, 5.41) is 0. The summed E-state index contributed by atoms with van der Waals surface area (Å²) in [6.45, 7) is 8.41. The second-order valence-electron chi connectivity index (χ2n) is 12.3. The Morgan fingerprint density at radius 3 is 1.45 bits per heavy atom. The minimum Gasteiger partial charge on any atom is -0.466 e. The van der Waals surface area contributed by atoms with Gasteiger partial charge in [0.1, 0.15) is 0 Å². The number of carbonyl (C=O) groups is 3. The van der Waals surface area contributed by atoms with Crippen LogP contribution in [0.15, 0.2) is 54.6 Å². The van der Waals surface area contributed by atoms with Crippen molar-refractivity contribution in [2.24, 2.45) is 11.8 Å². The Kier molecular flexibility index (Phi) is 13.8. The Hall–Kier alpha value is -2.47. The van der Waals surface area contributed by atoms with E-state index in [1.165, 1.54) is 24.0 Å². The van der Waals surface area contributed by atoms with Gasteiger partial charge in [0.15, 0.2) is 5.78 Å². The third kappa shape index (κ3) is 11.0. The minimum absolute atomic E-state index is 0.0272. The molecule has 0 spiro atoms. The number of esters is 2. The van der Waals surface area contributed by atoms with Crippen LogP contribution >= 0.6 is 15.9 Å². The van der Waals surface area contributed by atoms with Crippen LogP contribution in [0.4, 0.5) is 0 Å². The van der Waals surface area contributed by atoms with Gasteiger partial charge in [-0.3, -0.25) is 14.4 Å². The molecule has 230 valence electrons. The van der Waals surface area contributed by atoms with Gasteiger partial charge < -0.3 is 9.47 Å². The van der Waals surface area contributed by atoms with E-state index in [1.807, 2.05) is 39.8 Å². The predicted octanol–water partition coefficient (Wildman–Crippen LogP) is 9.18. The molecule has 0 heterocycles. The maximum absolute atomic E-state index is 12.3. The van der Waals surface area contributed by atoms with Crippen LogP contribution in [0.5, 0.6) is 0 Å². The van der Waals surface area contributed by atoms with Crippen molar-refractivity contribution in [2.45, 2.75) is 108 Å². The highest BCUT2D eigenvalue weighted by molar-refractivity contribution is 9.10. The summed E-state index contributed by atoms with van der Waals surface area (Å²) in [6.07, 6.45) is 10.2. The number of Topliss-reactive ketones (excluding diaryl/α,β-unsaturated/α-hetero) is 1. The fourth-order valence-electron chi connectivity index (χ4n) is 6.29. The number of rotatable bonds is 10. The summed E-state index contributed by atoms with van der Waals surface area (Å²) in [5.41, 5.74) is 3.50. The van der Waals surface area contributed by atoms with Gasteiger partial charge in [-0.25, -0.2) is 0 Å². The zero-order valence-electron chi connectivity index (χ0n) is 25.9. The minimum atomic E-state index is -0.528. The lowest BCUT2D eigenvalue weighted by molar-refractivity contribution is -0.145. The second-order valence-corrected chi connectivity index (χ2v) is 14.3. The van der Waals surface area contributed by atoms with Gasteiger partial charge >= 0.3 is 11.9 Å². The van der Waals surface area contributed by atoms with Crippen molar-refractivity contribution in [2.75, 3.05) is 13.2 Å². The molecule has 6 heteroatoms. The quantitative estimate of drug-likeness (QED) is 0.147. The van der Waals surface area contributed by atoms with Gasteiger partial charge in [0.05, 0.1) is 17.5 Å². The van der Waals surface area contributed by atoms with E-state index >= 15 is 0 Å². The highest BCUT2D eigenvalue weighted by Gasteiger charge is 2.27. The summed E-state index contributed by atoms with van der Waals surface area (Å²) in [4.78, 5) is 35.3. The fourth-order valence-corrected chi connectivity index (χ4v) is 6.52. The molecule has 0 aliphatic heterocycles. The van der Waals surface area contributed by atoms with Gasteiger partial charge in [0, 0.05) is 18.4 Å². The van der Waals surface area contributed by atoms with Crippen molar-refractivity contribution < 1.29 is 23.9 Å². The number of halogens is 1. The molecule has 0 atom stereocenters. The van der Waals surface area contributed by atoms with Crippen LogP contribution in [-0.4, -0.2) is 35.3 Å². The Bertz CT molecular complexity index is 1110. The average Bonchev–Trinajstić information content (AvgIpc) is 2.98. The molecule has 0 radical (unpaired) electrons. The standard InChI is InChI=1S/C20H27BrO3.C16H22O2/c1-4-24-18(22)13-14-5-7-15(8-6-14)16-9-11-17(12-10-16)19(23)20(2,3)21;1-2-18-16(17)12-13-8-10-15(11-9-13)14-6-4-3-5-7-14/h9-12,14-15H,4-8,13H2,1-3H3;3-7,13,15H,2,8-12H2,1H3. The Balaban J connectivity index is 0.000000240. The van der Waals surface area contributed by atoms with Crippen molar-refractivity contribution in [1.29, 1.82) is 0 Å². The van der Waals surface area contributed by atoms with E-state index in [1.54, 1.807) is 0 Å². The molecular formula is C36H49BrO5. The van der Waals surface area contributed by atoms with Crippen LogP contribution in [0.3, 0.4) is 0 Å². The first kappa shape index (κ1) is 34.0. The number of ketones is 1. The van der Waals surface area contributed by atoms with E-state index in [2.05, 4.69) is 58.4 Å². The molecule has 2 aliphatic rings. The maximum Gasteiger partial charge on any atom is 0.306 e. The van der Waals surface area contributed by atoms with Gasteiger partial charge in [0.25, 0.3) is 0 Å². The average molecular weight is 642 g/mol. The zero-order valence-corrected chi connectivity index (χ0v) is 27.5. The third-order valence-electron chi connectivity index (χ3n) is 8.67. The van der Waals surface area contributed by atoms with Crippen molar-refractivity contribution in [3.8, 4) is 0 Å². The lowest BCUT2D eigenvalue weighted by Gasteiger charge is -2.28. The van der Waals surface area contributed by atoms with Crippen LogP contribution in [0.2, 0.25) is 0 Å². The van der Waals surface area contributed by atoms with Crippen LogP contribution in [0, 0.1) is 11.8 Å². The van der Waals surface area contributed by atoms with Crippen molar-refractivity contribution in [1.82, 2.24) is 0 Å². The number of hydrogen-bond acceptors (Lipinski definition) is 5. The molecule has 2 aromatic rings. The summed E-state index contributed by atoms with van der Waals surface area (Å²) in [6, 6.07) is 18.8.